The topological polar surface area (TPSA) is 0 Å². The third-order valence-electron chi connectivity index (χ3n) is 6.61. The van der Waals surface area contributed by atoms with Crippen LogP contribution in [0.15, 0.2) is 97.1 Å². The van der Waals surface area contributed by atoms with Gasteiger partial charge < -0.3 is 0 Å². The average Bonchev–Trinajstić information content (AvgIpc) is 3.56. The summed E-state index contributed by atoms with van der Waals surface area (Å²) < 4.78 is 1.16. The van der Waals surface area contributed by atoms with Crippen LogP contribution in [0.3, 0.4) is 0 Å². The molecule has 4 aromatic carbocycles. The molecule has 0 unspecified atom stereocenters. The van der Waals surface area contributed by atoms with Crippen LogP contribution in [0.5, 0.6) is 0 Å². The second kappa shape index (κ2) is 13.5. The Morgan fingerprint density at radius 3 is 1.35 bits per heavy atom. The largest absolute Gasteiger partial charge is 0.210 e. The average molecular weight is 654 g/mol. The molecule has 0 atom stereocenters. The molecule has 0 radical (unpaired) electrons. The van der Waals surface area contributed by atoms with Gasteiger partial charge in [-0.3, -0.25) is 0 Å². The van der Waals surface area contributed by atoms with E-state index in [0.29, 0.717) is 0 Å². The predicted octanol–water partition coefficient (Wildman–Crippen LogP) is 8.75. The number of hydrogen-bond donors (Lipinski definition) is 0. The van der Waals surface area contributed by atoms with E-state index in [1.54, 1.807) is 22.3 Å². The summed E-state index contributed by atoms with van der Waals surface area (Å²) in [7, 11) is 12.5. The number of fused-ring (bicyclic) bond motifs is 2. The maximum absolute atomic E-state index is 6.25. The van der Waals surface area contributed by atoms with E-state index in [1.807, 2.05) is 36.4 Å². The summed E-state index contributed by atoms with van der Waals surface area (Å²) in [5.74, 6) is 0. The van der Waals surface area contributed by atoms with E-state index in [9.17, 15) is 0 Å². The first kappa shape index (κ1) is 25.5. The van der Waals surface area contributed by atoms with Crippen LogP contribution < -0.4 is 0 Å². The quantitative estimate of drug-likeness (QED) is 0.150. The minimum atomic E-state index is -2.60. The zero-order valence-corrected chi connectivity index (χ0v) is 24.8. The fourth-order valence-electron chi connectivity index (χ4n) is 4.82. The van der Waals surface area contributed by atoms with Crippen LogP contribution in [0.2, 0.25) is 0 Å². The molecule has 0 aliphatic heterocycles. The van der Waals surface area contributed by atoms with Crippen molar-refractivity contribution in [2.75, 3.05) is 0 Å². The molecule has 3 heteroatoms. The maximum atomic E-state index is 6.25. The zero-order valence-electron chi connectivity index (χ0n) is 19.7. The molecule has 0 heterocycles. The van der Waals surface area contributed by atoms with Crippen LogP contribution in [0.25, 0.3) is 0 Å². The van der Waals surface area contributed by atoms with Crippen molar-refractivity contribution in [3.63, 3.8) is 0 Å². The molecule has 34 heavy (non-hydrogen) atoms. The van der Waals surface area contributed by atoms with E-state index in [1.165, 1.54) is 51.4 Å². The molecule has 0 amide bonds. The first-order chi connectivity index (χ1) is 16.7. The first-order valence-electron chi connectivity index (χ1n) is 12.4. The van der Waals surface area contributed by atoms with E-state index < -0.39 is 18.6 Å². The van der Waals surface area contributed by atoms with Crippen LogP contribution in [-0.2, 0) is 44.3 Å². The molecule has 0 nitrogen and oxygen atoms in total. The van der Waals surface area contributed by atoms with Crippen molar-refractivity contribution >= 4 is 20.4 Å². The third kappa shape index (κ3) is 7.23. The van der Waals surface area contributed by atoms with Gasteiger partial charge in [-0.25, -0.2) is 12.1 Å². The summed E-state index contributed by atoms with van der Waals surface area (Å²) in [6, 6.07) is 33.7. The van der Waals surface area contributed by atoms with Crippen molar-refractivity contribution in [3.8, 4) is 0 Å². The minimum absolute atomic E-state index is 1.15. The van der Waals surface area contributed by atoms with E-state index in [4.69, 9.17) is 17.2 Å². The number of benzene rings is 2. The summed E-state index contributed by atoms with van der Waals surface area (Å²) >= 11 is -2.60. The molecule has 6 rings (SSSR count). The monoisotopic (exact) mass is 654 g/mol. The first-order valence-corrected chi connectivity index (χ1v) is 23.1. The van der Waals surface area contributed by atoms with E-state index in [-0.39, 0.29) is 0 Å². The molecule has 176 valence electrons. The summed E-state index contributed by atoms with van der Waals surface area (Å²) in [5.41, 5.74) is 8.70. The molecular formula is C31H32Cl2Hf-2. The SMILES string of the molecule is [Cl][Hf]([Cl])=[C](c1ccccc1)c1ccccc1.c1cc2c([cH-]1)CCCC2.c1cc2c([cH-]1)CCCC2. The Morgan fingerprint density at radius 1 is 0.559 bits per heavy atom. The van der Waals surface area contributed by atoms with Gasteiger partial charge in [0.1, 0.15) is 0 Å². The minimum Gasteiger partial charge on any atom is -0.210 e. The predicted molar refractivity (Wildman–Crippen MR) is 145 cm³/mol. The standard InChI is InChI=1S/C13H10.2C9H11.2ClH.Hf/c1-3-7-12(8-4-1)11-13-9-5-2-6-10-13;2*1-2-5-9-7-3-6-8(9)4-1;;;/h1-10H;2*3,6-7H,1-2,4-5H2;2*1H;/q;2*-1;;;+2/p-2. The molecule has 4 aromatic rings. The van der Waals surface area contributed by atoms with Gasteiger partial charge >= 0.3 is 111 Å². The van der Waals surface area contributed by atoms with Crippen molar-refractivity contribution in [2.45, 2.75) is 51.4 Å². The molecule has 0 saturated heterocycles. The van der Waals surface area contributed by atoms with Gasteiger partial charge in [0.05, 0.1) is 0 Å². The normalized spacial score (nSPS) is 13.8. The van der Waals surface area contributed by atoms with E-state index in [0.717, 1.165) is 14.4 Å². The van der Waals surface area contributed by atoms with Crippen molar-refractivity contribution in [1.29, 1.82) is 0 Å². The van der Waals surface area contributed by atoms with Crippen LogP contribution >= 0.6 is 17.2 Å². The van der Waals surface area contributed by atoms with E-state index >= 15 is 0 Å². The van der Waals surface area contributed by atoms with Gasteiger partial charge in [-0.05, 0) is 0 Å². The molecule has 0 aromatic heterocycles. The Hall–Kier alpha value is -1.54. The zero-order chi connectivity index (χ0) is 23.6. The van der Waals surface area contributed by atoms with Gasteiger partial charge in [0.15, 0.2) is 0 Å². The maximum Gasteiger partial charge on any atom is -0.0512 e. The molecule has 0 bridgehead atoms. The molecule has 0 spiro atoms. The number of halogens is 2. The van der Waals surface area contributed by atoms with Gasteiger partial charge in [-0.2, -0.15) is 46.5 Å². The Bertz CT molecular complexity index is 1040. The second-order valence-electron chi connectivity index (χ2n) is 8.93. The third-order valence-corrected chi connectivity index (χ3v) is 13.1. The fourth-order valence-corrected chi connectivity index (χ4v) is 11.2. The van der Waals surface area contributed by atoms with Gasteiger partial charge in [0.25, 0.3) is 0 Å². The van der Waals surface area contributed by atoms with Gasteiger partial charge in [-0.15, -0.1) is 0 Å². The number of hydrogen-bond acceptors (Lipinski definition) is 0. The van der Waals surface area contributed by atoms with Crippen LogP contribution in [-0.4, -0.2) is 3.26 Å². The van der Waals surface area contributed by atoms with Gasteiger partial charge in [0, 0.05) is 0 Å². The summed E-state index contributed by atoms with van der Waals surface area (Å²) in [4.78, 5) is 0. The van der Waals surface area contributed by atoms with Crippen molar-refractivity contribution < 1.29 is 18.6 Å². The molecule has 2 aliphatic carbocycles. The Balaban J connectivity index is 0.000000129. The van der Waals surface area contributed by atoms with Gasteiger partial charge in [0.2, 0.25) is 0 Å². The number of rotatable bonds is 2. The molecule has 0 N–H and O–H groups in total. The molecule has 0 saturated carbocycles. The summed E-state index contributed by atoms with van der Waals surface area (Å²) in [6.45, 7) is 0. The summed E-state index contributed by atoms with van der Waals surface area (Å²) in [6.07, 6.45) is 10.9. The van der Waals surface area contributed by atoms with Crippen LogP contribution in [0.1, 0.15) is 59.1 Å². The smallest absolute Gasteiger partial charge is 0.0512 e. The van der Waals surface area contributed by atoms with Crippen molar-refractivity contribution in [1.82, 2.24) is 0 Å². The number of aryl methyl sites for hydroxylation is 4. The Labute approximate surface area is 219 Å². The molecular weight excluding hydrogens is 622 g/mol. The van der Waals surface area contributed by atoms with Gasteiger partial charge in [-0.1, -0.05) is 51.4 Å². The molecule has 0 fully saturated rings. The molecule has 2 aliphatic rings. The van der Waals surface area contributed by atoms with Crippen LogP contribution in [0.4, 0.5) is 0 Å². The fraction of sp³-hybridized carbons (Fsp3) is 0.258. The van der Waals surface area contributed by atoms with E-state index in [2.05, 4.69) is 60.7 Å². The Morgan fingerprint density at radius 2 is 0.971 bits per heavy atom. The second-order valence-corrected chi connectivity index (χ2v) is 20.4. The Kier molecular flexibility index (Phi) is 10.2. The van der Waals surface area contributed by atoms with Crippen LogP contribution in [0, 0.1) is 0 Å². The van der Waals surface area contributed by atoms with Crippen molar-refractivity contribution in [2.24, 2.45) is 0 Å². The summed E-state index contributed by atoms with van der Waals surface area (Å²) in [5, 5.41) is 0. The van der Waals surface area contributed by atoms with Crippen molar-refractivity contribution in [3.05, 3.63) is 130 Å².